The first-order valence-electron chi connectivity index (χ1n) is 12.6. The molecular weight excluding hydrogens is 532 g/mol. The summed E-state index contributed by atoms with van der Waals surface area (Å²) < 4.78 is 63.3. The maximum absolute atomic E-state index is 15.0. The lowest BCUT2D eigenvalue weighted by atomic mass is 9.56. The molecule has 2 unspecified atom stereocenters. The van der Waals surface area contributed by atoms with Crippen LogP contribution in [0.15, 0.2) is 37.1 Å². The Morgan fingerprint density at radius 2 is 1.95 bits per heavy atom. The van der Waals surface area contributed by atoms with Crippen molar-refractivity contribution in [1.82, 2.24) is 24.5 Å². The molecule has 2 bridgehead atoms. The van der Waals surface area contributed by atoms with E-state index in [0.717, 1.165) is 12.1 Å². The van der Waals surface area contributed by atoms with Crippen molar-refractivity contribution in [2.24, 2.45) is 11.7 Å². The van der Waals surface area contributed by atoms with Gasteiger partial charge in [-0.3, -0.25) is 4.98 Å². The zero-order chi connectivity index (χ0) is 28.3. The molecular formula is C26H26F4N8O2. The minimum atomic E-state index is -2.99. The zero-order valence-electron chi connectivity index (χ0n) is 21.3. The van der Waals surface area contributed by atoms with Crippen LogP contribution in [0.5, 0.6) is 5.75 Å². The third-order valence-corrected chi connectivity index (χ3v) is 8.20. The van der Waals surface area contributed by atoms with E-state index in [0.29, 0.717) is 41.8 Å². The summed E-state index contributed by atoms with van der Waals surface area (Å²) in [5.74, 6) is -1.80. The second-order valence-corrected chi connectivity index (χ2v) is 10.2. The Kier molecular flexibility index (Phi) is 6.26. The number of piperidine rings is 2. The van der Waals surface area contributed by atoms with Crippen LogP contribution in [0.3, 0.4) is 0 Å². The highest BCUT2D eigenvalue weighted by Gasteiger charge is 2.63. The number of benzene rings is 1. The largest absolute Gasteiger partial charge is 0.494 e. The van der Waals surface area contributed by atoms with E-state index in [4.69, 9.17) is 16.2 Å². The molecule has 5 N–H and O–H groups in total. The molecule has 3 fully saturated rings. The van der Waals surface area contributed by atoms with Crippen molar-refractivity contribution in [3.8, 4) is 17.0 Å². The highest BCUT2D eigenvalue weighted by Crippen LogP contribution is 2.51. The van der Waals surface area contributed by atoms with E-state index in [9.17, 15) is 22.7 Å². The summed E-state index contributed by atoms with van der Waals surface area (Å²) in [6, 6.07) is 2.97. The first-order valence-corrected chi connectivity index (χ1v) is 12.6. The van der Waals surface area contributed by atoms with Gasteiger partial charge < -0.3 is 30.8 Å². The molecule has 2 saturated heterocycles. The first-order chi connectivity index (χ1) is 19.1. The van der Waals surface area contributed by atoms with Crippen LogP contribution in [0.25, 0.3) is 22.4 Å². The summed E-state index contributed by atoms with van der Waals surface area (Å²) in [5, 5.41) is 10.3. The molecule has 2 aliphatic heterocycles. The van der Waals surface area contributed by atoms with E-state index in [1.54, 1.807) is 10.6 Å². The normalized spacial score (nSPS) is 22.9. The highest BCUT2D eigenvalue weighted by molar-refractivity contribution is 5.81. The molecule has 10 nitrogen and oxygen atoms in total. The Morgan fingerprint density at radius 3 is 2.67 bits per heavy atom. The van der Waals surface area contributed by atoms with Gasteiger partial charge in [-0.15, -0.1) is 0 Å². The number of fused-ring (bicyclic) bond motifs is 3. The molecule has 210 valence electrons. The standard InChI is InChI=1S/C26H26F4N8O2/c1-40-19-7-15(27)14(6-16(19)28)17-4-12(9-37-11-36-21-24(31)34-10-35-25(21)37)18(8-33-17)38-3-2-13-5-20(38)26(13,32)22(39)23(29)30/h4,6-8,10-11,13,20,22-23,39H,2-3,5,9,32H2,1H3,(H2,31,34,35)/t13?,20?,22-,26+/m1/s1. The van der Waals surface area contributed by atoms with E-state index < -0.39 is 35.7 Å². The fourth-order valence-electron chi connectivity index (χ4n) is 6.05. The molecule has 3 aliphatic rings. The third-order valence-electron chi connectivity index (χ3n) is 8.20. The molecule has 1 saturated carbocycles. The Hall–Kier alpha value is -4.04. The number of imidazole rings is 1. The Balaban J connectivity index is 1.46. The number of anilines is 2. The summed E-state index contributed by atoms with van der Waals surface area (Å²) in [5.41, 5.74) is 12.9. The SMILES string of the molecule is COc1cc(F)c(-c2cc(Cn3cnc4c(N)ncnc43)c(N3CCC4CC3[C@]4(N)[C@H](O)C(F)F)cn2)cc1F. The number of hydrogen-bond acceptors (Lipinski definition) is 9. The Labute approximate surface area is 225 Å². The van der Waals surface area contributed by atoms with Crippen LogP contribution in [-0.2, 0) is 6.54 Å². The van der Waals surface area contributed by atoms with Crippen LogP contribution in [0.2, 0.25) is 0 Å². The van der Waals surface area contributed by atoms with Crippen LogP contribution in [0, 0.1) is 17.6 Å². The number of nitrogens with two attached hydrogens (primary N) is 2. The number of nitrogen functional groups attached to an aromatic ring is 1. The zero-order valence-corrected chi connectivity index (χ0v) is 21.3. The van der Waals surface area contributed by atoms with Crippen LogP contribution in [0.4, 0.5) is 29.1 Å². The van der Waals surface area contributed by atoms with Crippen molar-refractivity contribution in [3.05, 3.63) is 54.2 Å². The predicted molar refractivity (Wildman–Crippen MR) is 138 cm³/mol. The number of pyridine rings is 1. The molecule has 5 heterocycles. The number of aliphatic hydroxyl groups is 1. The molecule has 1 aromatic carbocycles. The van der Waals surface area contributed by atoms with E-state index >= 15 is 0 Å². The fourth-order valence-corrected chi connectivity index (χ4v) is 6.05. The van der Waals surface area contributed by atoms with Crippen molar-refractivity contribution in [2.75, 3.05) is 24.3 Å². The van der Waals surface area contributed by atoms with Gasteiger partial charge >= 0.3 is 0 Å². The molecule has 0 amide bonds. The number of halogens is 4. The first kappa shape index (κ1) is 26.2. The summed E-state index contributed by atoms with van der Waals surface area (Å²) >= 11 is 0. The Bertz CT molecular complexity index is 1600. The average Bonchev–Trinajstić information content (AvgIpc) is 3.36. The smallest absolute Gasteiger partial charge is 0.265 e. The lowest BCUT2D eigenvalue weighted by Crippen LogP contribution is -2.80. The summed E-state index contributed by atoms with van der Waals surface area (Å²) in [6.45, 7) is 0.642. The molecule has 0 spiro atoms. The topological polar surface area (TPSA) is 141 Å². The van der Waals surface area contributed by atoms with Gasteiger partial charge in [0, 0.05) is 18.2 Å². The highest BCUT2D eigenvalue weighted by atomic mass is 19.3. The number of aromatic nitrogens is 5. The number of methoxy groups -OCH3 is 1. The van der Waals surface area contributed by atoms with Crippen molar-refractivity contribution < 1.29 is 27.4 Å². The number of ether oxygens (including phenoxy) is 1. The molecule has 4 atom stereocenters. The number of hydrogen-bond donors (Lipinski definition) is 3. The lowest BCUT2D eigenvalue weighted by Gasteiger charge is -2.64. The summed E-state index contributed by atoms with van der Waals surface area (Å²) in [6.07, 6.45) is 0.344. The third kappa shape index (κ3) is 3.92. The van der Waals surface area contributed by atoms with Gasteiger partial charge in [0.25, 0.3) is 6.43 Å². The van der Waals surface area contributed by atoms with Gasteiger partial charge in [0.2, 0.25) is 0 Å². The number of rotatable bonds is 7. The van der Waals surface area contributed by atoms with Crippen molar-refractivity contribution in [3.63, 3.8) is 0 Å². The molecule has 40 heavy (non-hydrogen) atoms. The van der Waals surface area contributed by atoms with E-state index in [1.807, 2.05) is 4.90 Å². The fraction of sp³-hybridized carbons (Fsp3) is 0.385. The van der Waals surface area contributed by atoms with Gasteiger partial charge in [0.05, 0.1) is 49.1 Å². The monoisotopic (exact) mass is 558 g/mol. The average molecular weight is 559 g/mol. The van der Waals surface area contributed by atoms with Crippen LogP contribution < -0.4 is 21.1 Å². The number of alkyl halides is 2. The van der Waals surface area contributed by atoms with Gasteiger partial charge in [-0.25, -0.2) is 32.5 Å². The second kappa shape index (κ2) is 9.55. The van der Waals surface area contributed by atoms with Crippen molar-refractivity contribution >= 4 is 22.7 Å². The minimum Gasteiger partial charge on any atom is -0.494 e. The maximum atomic E-state index is 15.0. The van der Waals surface area contributed by atoms with Gasteiger partial charge in [0.15, 0.2) is 23.0 Å². The Morgan fingerprint density at radius 1 is 1.15 bits per heavy atom. The molecule has 7 rings (SSSR count). The van der Waals surface area contributed by atoms with E-state index in [1.165, 1.54) is 26.0 Å². The van der Waals surface area contributed by atoms with Gasteiger partial charge in [0.1, 0.15) is 23.8 Å². The van der Waals surface area contributed by atoms with E-state index in [-0.39, 0.29) is 35.3 Å². The number of aliphatic hydroxyl groups excluding tert-OH is 1. The van der Waals surface area contributed by atoms with Gasteiger partial charge in [-0.2, -0.15) is 0 Å². The molecule has 14 heteroatoms. The van der Waals surface area contributed by atoms with Crippen molar-refractivity contribution in [2.45, 2.75) is 43.5 Å². The molecule has 1 aliphatic carbocycles. The van der Waals surface area contributed by atoms with Crippen LogP contribution >= 0.6 is 0 Å². The number of nitrogens with zero attached hydrogens (tertiary/aromatic N) is 6. The second-order valence-electron chi connectivity index (χ2n) is 10.2. The van der Waals surface area contributed by atoms with Gasteiger partial charge in [-0.1, -0.05) is 0 Å². The van der Waals surface area contributed by atoms with Crippen LogP contribution in [-0.4, -0.2) is 67.4 Å². The van der Waals surface area contributed by atoms with E-state index in [2.05, 4.69) is 19.9 Å². The predicted octanol–water partition coefficient (Wildman–Crippen LogP) is 2.73. The minimum absolute atomic E-state index is 0.0863. The molecule has 3 aromatic heterocycles. The van der Waals surface area contributed by atoms with Crippen LogP contribution in [0.1, 0.15) is 18.4 Å². The van der Waals surface area contributed by atoms with Gasteiger partial charge in [-0.05, 0) is 36.5 Å². The quantitative estimate of drug-likeness (QED) is 0.292. The lowest BCUT2D eigenvalue weighted by molar-refractivity contribution is -0.120. The summed E-state index contributed by atoms with van der Waals surface area (Å²) in [4.78, 5) is 18.8. The molecule has 0 radical (unpaired) electrons. The molecule has 4 aromatic rings. The van der Waals surface area contributed by atoms with Crippen molar-refractivity contribution in [1.29, 1.82) is 0 Å². The summed E-state index contributed by atoms with van der Waals surface area (Å²) in [7, 11) is 1.24. The maximum Gasteiger partial charge on any atom is 0.265 e.